The smallest absolute Gasteiger partial charge is 0.256 e. The summed E-state index contributed by atoms with van der Waals surface area (Å²) in [5.74, 6) is 1.62. The summed E-state index contributed by atoms with van der Waals surface area (Å²) in [5, 5.41) is 3.20. The van der Waals surface area contributed by atoms with Gasteiger partial charge in [0.25, 0.3) is 5.91 Å². The Hall–Kier alpha value is -2.70. The van der Waals surface area contributed by atoms with Crippen molar-refractivity contribution < 1.29 is 9.18 Å². The van der Waals surface area contributed by atoms with Crippen LogP contribution in [0, 0.1) is 12.7 Å². The molecule has 1 amide bonds. The number of rotatable bonds is 4. The van der Waals surface area contributed by atoms with Gasteiger partial charge in [0, 0.05) is 38.8 Å². The van der Waals surface area contributed by atoms with Gasteiger partial charge < -0.3 is 15.1 Å². The van der Waals surface area contributed by atoms with Gasteiger partial charge in [-0.2, -0.15) is 0 Å². The van der Waals surface area contributed by atoms with Gasteiger partial charge in [-0.25, -0.2) is 14.4 Å². The quantitative estimate of drug-likeness (QED) is 0.923. The number of hydrogen-bond acceptors (Lipinski definition) is 5. The maximum absolute atomic E-state index is 13.8. The minimum atomic E-state index is -0.475. The first-order valence-corrected chi connectivity index (χ1v) is 8.47. The molecule has 0 spiro atoms. The summed E-state index contributed by atoms with van der Waals surface area (Å²) in [4.78, 5) is 25.2. The van der Waals surface area contributed by atoms with Crippen molar-refractivity contribution in [3.63, 3.8) is 0 Å². The molecule has 1 aliphatic rings. The van der Waals surface area contributed by atoms with Crippen LogP contribution in [0.15, 0.2) is 30.3 Å². The average molecular weight is 343 g/mol. The Morgan fingerprint density at radius 3 is 2.60 bits per heavy atom. The van der Waals surface area contributed by atoms with Crippen LogP contribution in [0.3, 0.4) is 0 Å². The largest absolute Gasteiger partial charge is 0.370 e. The predicted molar refractivity (Wildman–Crippen MR) is 95.4 cm³/mol. The van der Waals surface area contributed by atoms with Gasteiger partial charge in [-0.05, 0) is 26.0 Å². The van der Waals surface area contributed by atoms with Crippen LogP contribution in [0.1, 0.15) is 23.1 Å². The number of amides is 1. The molecule has 0 aliphatic carbocycles. The standard InChI is InChI=1S/C18H22FN5O/c1-3-20-16-12-17(22-13(2)21-16)23-8-10-24(11-9-23)18(25)14-6-4-5-7-15(14)19/h4-7,12H,3,8-11H2,1-2H3,(H,20,21,22). The SMILES string of the molecule is CCNc1cc(N2CCN(C(=O)c3ccccc3F)CC2)nc(C)n1. The minimum Gasteiger partial charge on any atom is -0.370 e. The molecule has 1 N–H and O–H groups in total. The van der Waals surface area contributed by atoms with Gasteiger partial charge in [0.15, 0.2) is 0 Å². The minimum absolute atomic E-state index is 0.128. The molecule has 1 aliphatic heterocycles. The Kier molecular flexibility index (Phi) is 5.11. The molecule has 1 aromatic heterocycles. The summed E-state index contributed by atoms with van der Waals surface area (Å²) in [6, 6.07) is 8.03. The average Bonchev–Trinajstić information content (AvgIpc) is 2.61. The van der Waals surface area contributed by atoms with Crippen molar-refractivity contribution in [2.24, 2.45) is 0 Å². The monoisotopic (exact) mass is 343 g/mol. The Morgan fingerprint density at radius 1 is 1.20 bits per heavy atom. The molecule has 25 heavy (non-hydrogen) atoms. The van der Waals surface area contributed by atoms with Crippen molar-refractivity contribution in [3.05, 3.63) is 47.5 Å². The molecular weight excluding hydrogens is 321 g/mol. The fourth-order valence-corrected chi connectivity index (χ4v) is 2.93. The number of halogens is 1. The molecule has 0 radical (unpaired) electrons. The Bertz CT molecular complexity index is 759. The zero-order chi connectivity index (χ0) is 17.8. The number of hydrogen-bond donors (Lipinski definition) is 1. The first-order valence-electron chi connectivity index (χ1n) is 8.47. The van der Waals surface area contributed by atoms with Crippen LogP contribution in [-0.4, -0.2) is 53.5 Å². The molecule has 2 heterocycles. The third-order valence-electron chi connectivity index (χ3n) is 4.18. The van der Waals surface area contributed by atoms with E-state index < -0.39 is 5.82 Å². The predicted octanol–water partition coefficient (Wildman–Crippen LogP) is 2.32. The number of nitrogens with one attached hydrogen (secondary N) is 1. The van der Waals surface area contributed by atoms with E-state index >= 15 is 0 Å². The molecule has 1 aromatic carbocycles. The molecule has 3 rings (SSSR count). The van der Waals surface area contributed by atoms with Gasteiger partial charge in [0.2, 0.25) is 0 Å². The number of carbonyl (C=O) groups is 1. The molecule has 0 saturated carbocycles. The van der Waals surface area contributed by atoms with E-state index in [1.807, 2.05) is 19.9 Å². The molecule has 6 nitrogen and oxygen atoms in total. The number of benzene rings is 1. The number of aryl methyl sites for hydroxylation is 1. The van der Waals surface area contributed by atoms with Crippen molar-refractivity contribution in [2.45, 2.75) is 13.8 Å². The fourth-order valence-electron chi connectivity index (χ4n) is 2.93. The summed E-state index contributed by atoms with van der Waals surface area (Å²) in [7, 11) is 0. The second-order valence-corrected chi connectivity index (χ2v) is 5.95. The lowest BCUT2D eigenvalue weighted by atomic mass is 10.1. The normalized spacial score (nSPS) is 14.5. The number of anilines is 2. The molecule has 1 fully saturated rings. The Labute approximate surface area is 146 Å². The van der Waals surface area contributed by atoms with E-state index in [2.05, 4.69) is 20.2 Å². The molecule has 7 heteroatoms. The molecule has 132 valence electrons. The van der Waals surface area contributed by atoms with E-state index in [9.17, 15) is 9.18 Å². The number of aromatic nitrogens is 2. The van der Waals surface area contributed by atoms with Gasteiger partial charge in [-0.1, -0.05) is 12.1 Å². The van der Waals surface area contributed by atoms with Crippen molar-refractivity contribution >= 4 is 17.5 Å². The van der Waals surface area contributed by atoms with Crippen molar-refractivity contribution in [3.8, 4) is 0 Å². The molecular formula is C18H22FN5O. The van der Waals surface area contributed by atoms with Crippen molar-refractivity contribution in [1.29, 1.82) is 0 Å². The summed E-state index contributed by atoms with van der Waals surface area (Å²) in [5.41, 5.74) is 0.128. The lowest BCUT2D eigenvalue weighted by Gasteiger charge is -2.35. The Balaban J connectivity index is 1.68. The lowest BCUT2D eigenvalue weighted by molar-refractivity contribution is 0.0742. The van der Waals surface area contributed by atoms with Gasteiger partial charge in [-0.3, -0.25) is 4.79 Å². The van der Waals surface area contributed by atoms with E-state index in [1.165, 1.54) is 12.1 Å². The van der Waals surface area contributed by atoms with Crippen LogP contribution in [0.25, 0.3) is 0 Å². The summed E-state index contributed by atoms with van der Waals surface area (Å²) in [6.07, 6.45) is 0. The van der Waals surface area contributed by atoms with Crippen LogP contribution in [0.5, 0.6) is 0 Å². The van der Waals surface area contributed by atoms with E-state index in [0.29, 0.717) is 32.0 Å². The van der Waals surface area contributed by atoms with Gasteiger partial charge in [-0.15, -0.1) is 0 Å². The highest BCUT2D eigenvalue weighted by atomic mass is 19.1. The summed E-state index contributed by atoms with van der Waals surface area (Å²) in [6.45, 7) is 7.05. The van der Waals surface area contributed by atoms with E-state index in [4.69, 9.17) is 0 Å². The number of nitrogens with zero attached hydrogens (tertiary/aromatic N) is 4. The highest BCUT2D eigenvalue weighted by Gasteiger charge is 2.24. The third kappa shape index (κ3) is 3.87. The second kappa shape index (κ2) is 7.46. The molecule has 2 aromatic rings. The van der Waals surface area contributed by atoms with Crippen molar-refractivity contribution in [2.75, 3.05) is 42.9 Å². The first kappa shape index (κ1) is 17.1. The Morgan fingerprint density at radius 2 is 1.92 bits per heavy atom. The van der Waals surface area contributed by atoms with Crippen LogP contribution in [-0.2, 0) is 0 Å². The van der Waals surface area contributed by atoms with Crippen LogP contribution < -0.4 is 10.2 Å². The number of carbonyl (C=O) groups excluding carboxylic acids is 1. The highest BCUT2D eigenvalue weighted by molar-refractivity contribution is 5.94. The van der Waals surface area contributed by atoms with Crippen LogP contribution >= 0.6 is 0 Å². The van der Waals surface area contributed by atoms with E-state index in [-0.39, 0.29) is 11.5 Å². The first-order chi connectivity index (χ1) is 12.1. The van der Waals surface area contributed by atoms with Gasteiger partial charge >= 0.3 is 0 Å². The zero-order valence-corrected chi connectivity index (χ0v) is 14.5. The van der Waals surface area contributed by atoms with Crippen LogP contribution in [0.4, 0.5) is 16.0 Å². The fraction of sp³-hybridized carbons (Fsp3) is 0.389. The van der Waals surface area contributed by atoms with Crippen molar-refractivity contribution in [1.82, 2.24) is 14.9 Å². The molecule has 0 unspecified atom stereocenters. The highest BCUT2D eigenvalue weighted by Crippen LogP contribution is 2.19. The summed E-state index contributed by atoms with van der Waals surface area (Å²) < 4.78 is 13.8. The maximum Gasteiger partial charge on any atom is 0.256 e. The van der Waals surface area contributed by atoms with Gasteiger partial charge in [0.1, 0.15) is 23.3 Å². The molecule has 1 saturated heterocycles. The zero-order valence-electron chi connectivity index (χ0n) is 14.5. The third-order valence-corrected chi connectivity index (χ3v) is 4.18. The summed E-state index contributed by atoms with van der Waals surface area (Å²) >= 11 is 0. The van der Waals surface area contributed by atoms with E-state index in [1.54, 1.807) is 17.0 Å². The molecule has 0 atom stereocenters. The number of piperazine rings is 1. The second-order valence-electron chi connectivity index (χ2n) is 5.95. The van der Waals surface area contributed by atoms with Gasteiger partial charge in [0.05, 0.1) is 5.56 Å². The topological polar surface area (TPSA) is 61.4 Å². The maximum atomic E-state index is 13.8. The molecule has 0 bridgehead atoms. The van der Waals surface area contributed by atoms with Crippen LogP contribution in [0.2, 0.25) is 0 Å². The van der Waals surface area contributed by atoms with E-state index in [0.717, 1.165) is 18.2 Å². The lowest BCUT2D eigenvalue weighted by Crippen LogP contribution is -2.49.